The highest BCUT2D eigenvalue weighted by molar-refractivity contribution is 8.01. The van der Waals surface area contributed by atoms with E-state index in [1.807, 2.05) is 6.92 Å². The van der Waals surface area contributed by atoms with Gasteiger partial charge in [-0.15, -0.1) is 0 Å². The average Bonchev–Trinajstić information content (AvgIpc) is 2.02. The Morgan fingerprint density at radius 3 is 2.40 bits per heavy atom. The molecule has 0 saturated carbocycles. The third kappa shape index (κ3) is 5.72. The zero-order chi connectivity index (χ0) is 12.1. The van der Waals surface area contributed by atoms with Gasteiger partial charge < -0.3 is 10.8 Å². The molecule has 0 aliphatic heterocycles. The van der Waals surface area contributed by atoms with Gasteiger partial charge in [-0.1, -0.05) is 27.7 Å². The quantitative estimate of drug-likeness (QED) is 0.440. The third-order valence-corrected chi connectivity index (χ3v) is 3.16. The summed E-state index contributed by atoms with van der Waals surface area (Å²) in [5.41, 5.74) is 8.31. The molecule has 0 aromatic rings. The van der Waals surface area contributed by atoms with E-state index in [1.54, 1.807) is 18.8 Å². The first kappa shape index (κ1) is 14.4. The van der Waals surface area contributed by atoms with Crippen molar-refractivity contribution in [1.29, 1.82) is 0 Å². The molecule has 0 saturated heterocycles. The van der Waals surface area contributed by atoms with Gasteiger partial charge in [0, 0.05) is 10.00 Å². The van der Waals surface area contributed by atoms with Crippen LogP contribution in [-0.4, -0.2) is 39.9 Å². The average molecular weight is 229 g/mol. The van der Waals surface area contributed by atoms with Crippen molar-refractivity contribution < 1.29 is 9.58 Å². The SMILES string of the molecule is CN[C@H](C(=O)C=[N+]=[N-])[C@H](C)SC(C)(C)C. The lowest BCUT2D eigenvalue weighted by molar-refractivity contribution is -0.117. The zero-order valence-electron chi connectivity index (χ0n) is 9.94. The lowest BCUT2D eigenvalue weighted by Crippen LogP contribution is -2.43. The largest absolute Gasteiger partial charge is 0.361 e. The second-order valence-electron chi connectivity index (χ2n) is 4.35. The molecule has 0 spiro atoms. The van der Waals surface area contributed by atoms with Gasteiger partial charge in [0.25, 0.3) is 5.78 Å². The molecular formula is C10H19N3OS. The van der Waals surface area contributed by atoms with E-state index in [1.165, 1.54) is 0 Å². The number of hydrogen-bond acceptors (Lipinski definition) is 3. The van der Waals surface area contributed by atoms with Crippen molar-refractivity contribution in [2.45, 2.75) is 43.7 Å². The predicted molar refractivity (Wildman–Crippen MR) is 64.3 cm³/mol. The molecule has 0 rings (SSSR count). The van der Waals surface area contributed by atoms with Crippen LogP contribution < -0.4 is 5.32 Å². The molecule has 2 atom stereocenters. The van der Waals surface area contributed by atoms with Crippen molar-refractivity contribution in [3.8, 4) is 0 Å². The predicted octanol–water partition coefficient (Wildman–Crippen LogP) is 1.36. The van der Waals surface area contributed by atoms with Crippen LogP contribution in [0.2, 0.25) is 0 Å². The minimum atomic E-state index is -0.315. The van der Waals surface area contributed by atoms with Gasteiger partial charge in [0.15, 0.2) is 0 Å². The fourth-order valence-electron chi connectivity index (χ4n) is 1.37. The van der Waals surface area contributed by atoms with Gasteiger partial charge in [0.2, 0.25) is 0 Å². The summed E-state index contributed by atoms with van der Waals surface area (Å²) in [5.74, 6) is -0.204. The molecule has 4 nitrogen and oxygen atoms in total. The second-order valence-corrected chi connectivity index (χ2v) is 6.55. The summed E-state index contributed by atoms with van der Waals surface area (Å²) in [4.78, 5) is 14.3. The van der Waals surface area contributed by atoms with E-state index >= 15 is 0 Å². The number of nitrogens with one attached hydrogen (secondary N) is 1. The van der Waals surface area contributed by atoms with Gasteiger partial charge in [-0.2, -0.15) is 16.6 Å². The highest BCUT2D eigenvalue weighted by atomic mass is 32.2. The van der Waals surface area contributed by atoms with E-state index in [9.17, 15) is 4.79 Å². The maximum absolute atomic E-state index is 11.5. The highest BCUT2D eigenvalue weighted by Crippen LogP contribution is 2.29. The number of nitrogens with zero attached hydrogens (tertiary/aromatic N) is 2. The number of hydrogen-bond donors (Lipinski definition) is 1. The van der Waals surface area contributed by atoms with Crippen LogP contribution in [0.1, 0.15) is 27.7 Å². The minimum absolute atomic E-state index is 0.102. The standard InChI is InChI=1S/C10H19N3OS/c1-7(15-10(2,3)4)9(12-5)8(14)6-13-11/h6-7,9,12H,1-5H3/t7-,9-/m0/s1. The molecule has 0 bridgehead atoms. The number of Topliss-reactive ketones (excluding diaryl/α,β-unsaturated/α-hetero) is 1. The summed E-state index contributed by atoms with van der Waals surface area (Å²) in [6.45, 7) is 8.29. The molecule has 86 valence electrons. The Kier molecular flexibility index (Phi) is 5.80. The van der Waals surface area contributed by atoms with Gasteiger partial charge >= 0.3 is 6.21 Å². The Morgan fingerprint density at radius 1 is 1.53 bits per heavy atom. The number of likely N-dealkylation sites (N-methyl/N-ethyl adjacent to an activating group) is 1. The van der Waals surface area contributed by atoms with Crippen molar-refractivity contribution >= 4 is 23.8 Å². The molecule has 0 unspecified atom stereocenters. The smallest absolute Gasteiger partial charge is 0.324 e. The maximum atomic E-state index is 11.5. The molecule has 5 heteroatoms. The summed E-state index contributed by atoms with van der Waals surface area (Å²) < 4.78 is 0.102. The van der Waals surface area contributed by atoms with Crippen LogP contribution in [0.4, 0.5) is 0 Å². The Bertz CT molecular complexity index is 266. The molecule has 0 amide bonds. The monoisotopic (exact) mass is 229 g/mol. The fourth-order valence-corrected chi connectivity index (χ4v) is 2.89. The zero-order valence-corrected chi connectivity index (χ0v) is 10.8. The molecule has 0 aliphatic carbocycles. The van der Waals surface area contributed by atoms with Gasteiger partial charge in [-0.3, -0.25) is 4.79 Å². The van der Waals surface area contributed by atoms with E-state index in [4.69, 9.17) is 5.53 Å². The van der Waals surface area contributed by atoms with Gasteiger partial charge in [0.1, 0.15) is 0 Å². The number of rotatable bonds is 5. The molecule has 0 aromatic heterocycles. The molecular weight excluding hydrogens is 210 g/mol. The minimum Gasteiger partial charge on any atom is -0.361 e. The van der Waals surface area contributed by atoms with Crippen LogP contribution in [0.3, 0.4) is 0 Å². The summed E-state index contributed by atoms with van der Waals surface area (Å²) in [7, 11) is 1.73. The van der Waals surface area contributed by atoms with Crippen LogP contribution in [0.5, 0.6) is 0 Å². The number of ketones is 1. The van der Waals surface area contributed by atoms with Crippen LogP contribution in [0.15, 0.2) is 0 Å². The Hall–Kier alpha value is -0.640. The Balaban J connectivity index is 4.54. The Labute approximate surface area is 95.4 Å². The number of carbonyl (C=O) groups excluding carboxylic acids is 1. The lowest BCUT2D eigenvalue weighted by atomic mass is 10.1. The molecule has 0 heterocycles. The molecule has 0 aliphatic rings. The normalized spacial score (nSPS) is 15.3. The number of carbonyl (C=O) groups is 1. The van der Waals surface area contributed by atoms with Gasteiger partial charge in [-0.25, -0.2) is 0 Å². The fraction of sp³-hybridized carbons (Fsp3) is 0.800. The van der Waals surface area contributed by atoms with Crippen molar-refractivity contribution in [1.82, 2.24) is 5.32 Å². The van der Waals surface area contributed by atoms with E-state index < -0.39 is 0 Å². The van der Waals surface area contributed by atoms with Crippen molar-refractivity contribution in [3.63, 3.8) is 0 Å². The van der Waals surface area contributed by atoms with E-state index in [-0.39, 0.29) is 21.8 Å². The highest BCUT2D eigenvalue weighted by Gasteiger charge is 2.28. The topological polar surface area (TPSA) is 65.5 Å². The van der Waals surface area contributed by atoms with Crippen LogP contribution in [0.25, 0.3) is 5.53 Å². The molecule has 1 N–H and O–H groups in total. The van der Waals surface area contributed by atoms with E-state index in [2.05, 4.69) is 30.9 Å². The number of thioether (sulfide) groups is 1. The Morgan fingerprint density at radius 2 is 2.07 bits per heavy atom. The van der Waals surface area contributed by atoms with Crippen LogP contribution >= 0.6 is 11.8 Å². The molecule has 0 aromatic carbocycles. The first-order valence-electron chi connectivity index (χ1n) is 4.88. The maximum Gasteiger partial charge on any atom is 0.324 e. The van der Waals surface area contributed by atoms with Crippen molar-refractivity contribution in [3.05, 3.63) is 5.53 Å². The molecule has 0 radical (unpaired) electrons. The van der Waals surface area contributed by atoms with Crippen molar-refractivity contribution in [2.75, 3.05) is 7.05 Å². The first-order chi connectivity index (χ1) is 6.81. The van der Waals surface area contributed by atoms with Crippen LogP contribution in [-0.2, 0) is 4.79 Å². The third-order valence-electron chi connectivity index (χ3n) is 1.81. The molecule has 15 heavy (non-hydrogen) atoms. The molecule has 0 fully saturated rings. The van der Waals surface area contributed by atoms with Crippen molar-refractivity contribution in [2.24, 2.45) is 0 Å². The van der Waals surface area contributed by atoms with Gasteiger partial charge in [0.05, 0.1) is 6.04 Å². The first-order valence-corrected chi connectivity index (χ1v) is 5.76. The van der Waals surface area contributed by atoms with E-state index in [0.717, 1.165) is 6.21 Å². The summed E-state index contributed by atoms with van der Waals surface area (Å²) in [5, 5.41) is 3.06. The summed E-state index contributed by atoms with van der Waals surface area (Å²) >= 11 is 1.72. The second kappa shape index (κ2) is 6.05. The summed E-state index contributed by atoms with van der Waals surface area (Å²) in [6, 6.07) is -0.315. The van der Waals surface area contributed by atoms with Gasteiger partial charge in [-0.05, 0) is 7.05 Å². The van der Waals surface area contributed by atoms with E-state index in [0.29, 0.717) is 0 Å². The van der Waals surface area contributed by atoms with Crippen LogP contribution in [0, 0.1) is 0 Å². The lowest BCUT2D eigenvalue weighted by Gasteiger charge is -2.27. The summed E-state index contributed by atoms with van der Waals surface area (Å²) in [6.07, 6.45) is 0.945.